The molecule has 1 heterocycles. The first kappa shape index (κ1) is 13.8. The zero-order valence-electron chi connectivity index (χ0n) is 10.5. The summed E-state index contributed by atoms with van der Waals surface area (Å²) in [6, 6.07) is 0. The number of rotatable bonds is 4. The molecule has 1 amide bonds. The fourth-order valence-corrected chi connectivity index (χ4v) is 3.15. The molecule has 0 radical (unpaired) electrons. The first-order valence-corrected chi connectivity index (χ1v) is 7.02. The largest absolute Gasteiger partial charge is 0.481 e. The Morgan fingerprint density at radius 2 is 2.16 bits per heavy atom. The molecule has 3 N–H and O–H groups in total. The molecule has 0 aromatic carbocycles. The third-order valence-corrected chi connectivity index (χ3v) is 4.19. The minimum absolute atomic E-state index is 0.165. The average molecular weight is 284 g/mol. The number of hydrogen-bond donors (Lipinski definition) is 3. The molecule has 1 aliphatic rings. The van der Waals surface area contributed by atoms with E-state index in [-0.39, 0.29) is 23.2 Å². The second-order valence-corrected chi connectivity index (χ2v) is 5.86. The third kappa shape index (κ3) is 3.23. The van der Waals surface area contributed by atoms with Gasteiger partial charge in [-0.05, 0) is 18.8 Å². The number of aliphatic carboxylic acids is 1. The van der Waals surface area contributed by atoms with Crippen molar-refractivity contribution in [1.82, 2.24) is 10.3 Å². The van der Waals surface area contributed by atoms with Gasteiger partial charge in [0.25, 0.3) is 0 Å². The number of aromatic nitrogens is 1. The molecule has 1 aromatic heterocycles. The van der Waals surface area contributed by atoms with Gasteiger partial charge >= 0.3 is 10.8 Å². The van der Waals surface area contributed by atoms with Crippen LogP contribution in [0.3, 0.4) is 0 Å². The molecule has 3 unspecified atom stereocenters. The maximum absolute atomic E-state index is 12.0. The molecule has 0 spiro atoms. The van der Waals surface area contributed by atoms with Gasteiger partial charge in [0.15, 0.2) is 0 Å². The summed E-state index contributed by atoms with van der Waals surface area (Å²) in [5.41, 5.74) is 0.640. The third-order valence-electron chi connectivity index (χ3n) is 3.48. The van der Waals surface area contributed by atoms with Crippen molar-refractivity contribution in [1.29, 1.82) is 0 Å². The van der Waals surface area contributed by atoms with Gasteiger partial charge in [0.05, 0.1) is 18.4 Å². The Kier molecular flexibility index (Phi) is 4.04. The van der Waals surface area contributed by atoms with Gasteiger partial charge in [0.1, 0.15) is 0 Å². The lowest BCUT2D eigenvalue weighted by atomic mass is 9.95. The van der Waals surface area contributed by atoms with Crippen molar-refractivity contribution < 1.29 is 14.7 Å². The number of carboxylic acid groups (broad SMARTS) is 1. The van der Waals surface area contributed by atoms with Crippen LogP contribution < -0.4 is 10.2 Å². The van der Waals surface area contributed by atoms with Gasteiger partial charge in [-0.15, -0.1) is 0 Å². The Morgan fingerprint density at radius 3 is 2.74 bits per heavy atom. The monoisotopic (exact) mass is 284 g/mol. The minimum atomic E-state index is -0.909. The fourth-order valence-electron chi connectivity index (χ4n) is 2.57. The second-order valence-electron chi connectivity index (χ2n) is 5.02. The number of nitrogens with one attached hydrogen (secondary N) is 2. The quantitative estimate of drug-likeness (QED) is 0.761. The minimum Gasteiger partial charge on any atom is -0.481 e. The maximum atomic E-state index is 12.0. The number of thiazole rings is 1. The van der Waals surface area contributed by atoms with Gasteiger partial charge in [-0.1, -0.05) is 18.3 Å². The molecule has 7 heteroatoms. The zero-order valence-corrected chi connectivity index (χ0v) is 11.3. The van der Waals surface area contributed by atoms with E-state index in [4.69, 9.17) is 5.11 Å². The lowest BCUT2D eigenvalue weighted by Gasteiger charge is -2.15. The van der Waals surface area contributed by atoms with Crippen molar-refractivity contribution >= 4 is 23.2 Å². The lowest BCUT2D eigenvalue weighted by molar-refractivity contribution is -0.146. The van der Waals surface area contributed by atoms with Crippen LogP contribution in [0, 0.1) is 17.8 Å². The molecular formula is C12H16N2O4S. The summed E-state index contributed by atoms with van der Waals surface area (Å²) in [4.78, 5) is 36.5. The number of carboxylic acids is 1. The second kappa shape index (κ2) is 5.56. The maximum Gasteiger partial charge on any atom is 0.307 e. The van der Waals surface area contributed by atoms with Crippen molar-refractivity contribution in [3.8, 4) is 0 Å². The van der Waals surface area contributed by atoms with E-state index in [1.807, 2.05) is 6.92 Å². The standard InChI is InChI=1S/C12H16N2O4S/c1-6-2-8(9(3-6)11(16)17)10(15)13-4-7-5-19-12(18)14-7/h5-6,8-9H,2-4H2,1H3,(H,13,15)(H,14,18)(H,16,17). The van der Waals surface area contributed by atoms with Crippen molar-refractivity contribution in [2.45, 2.75) is 26.3 Å². The summed E-state index contributed by atoms with van der Waals surface area (Å²) in [6.45, 7) is 2.19. The highest BCUT2D eigenvalue weighted by molar-refractivity contribution is 7.07. The van der Waals surface area contributed by atoms with Gasteiger partial charge in [-0.2, -0.15) is 0 Å². The van der Waals surface area contributed by atoms with Crippen LogP contribution in [-0.2, 0) is 16.1 Å². The molecule has 1 fully saturated rings. The molecule has 0 saturated heterocycles. The Balaban J connectivity index is 1.95. The van der Waals surface area contributed by atoms with E-state index in [9.17, 15) is 14.4 Å². The number of aromatic amines is 1. The highest BCUT2D eigenvalue weighted by atomic mass is 32.1. The molecule has 104 valence electrons. The predicted molar refractivity (Wildman–Crippen MR) is 69.8 cm³/mol. The van der Waals surface area contributed by atoms with Crippen LogP contribution in [0.15, 0.2) is 10.2 Å². The number of amides is 1. The molecular weight excluding hydrogens is 268 g/mol. The lowest BCUT2D eigenvalue weighted by Crippen LogP contribution is -2.35. The molecule has 19 heavy (non-hydrogen) atoms. The summed E-state index contributed by atoms with van der Waals surface area (Å²) >= 11 is 1.04. The Morgan fingerprint density at radius 1 is 1.47 bits per heavy atom. The topological polar surface area (TPSA) is 99.3 Å². The van der Waals surface area contributed by atoms with E-state index in [1.54, 1.807) is 5.38 Å². The summed E-state index contributed by atoms with van der Waals surface area (Å²) < 4.78 is 0. The first-order valence-electron chi connectivity index (χ1n) is 6.14. The first-order chi connectivity index (χ1) is 8.97. The summed E-state index contributed by atoms with van der Waals surface area (Å²) in [6.07, 6.45) is 1.14. The van der Waals surface area contributed by atoms with E-state index in [0.29, 0.717) is 18.5 Å². The molecule has 0 aliphatic heterocycles. The number of carbonyl (C=O) groups is 2. The summed E-state index contributed by atoms with van der Waals surface area (Å²) in [5.74, 6) is -1.98. The van der Waals surface area contributed by atoms with E-state index in [0.717, 1.165) is 11.3 Å². The molecule has 2 rings (SSSR count). The summed E-state index contributed by atoms with van der Waals surface area (Å²) in [5, 5.41) is 13.5. The van der Waals surface area contributed by atoms with Gasteiger partial charge in [-0.3, -0.25) is 14.4 Å². The molecule has 1 saturated carbocycles. The van der Waals surface area contributed by atoms with Gasteiger partial charge in [-0.25, -0.2) is 0 Å². The van der Waals surface area contributed by atoms with Crippen LogP contribution in [0.5, 0.6) is 0 Å². The van der Waals surface area contributed by atoms with Crippen molar-refractivity contribution in [2.75, 3.05) is 0 Å². The molecule has 3 atom stereocenters. The Labute approximate surface area is 113 Å². The van der Waals surface area contributed by atoms with Crippen LogP contribution in [-0.4, -0.2) is 22.0 Å². The predicted octanol–water partition coefficient (Wildman–Crippen LogP) is 0.799. The van der Waals surface area contributed by atoms with Crippen LogP contribution in [0.1, 0.15) is 25.5 Å². The fraction of sp³-hybridized carbons (Fsp3) is 0.583. The molecule has 0 bridgehead atoms. The van der Waals surface area contributed by atoms with Crippen LogP contribution in [0.2, 0.25) is 0 Å². The van der Waals surface area contributed by atoms with Crippen molar-refractivity contribution in [3.05, 3.63) is 20.7 Å². The van der Waals surface area contributed by atoms with Gasteiger partial charge < -0.3 is 15.4 Å². The molecule has 1 aromatic rings. The number of carbonyl (C=O) groups excluding carboxylic acids is 1. The van der Waals surface area contributed by atoms with E-state index in [1.165, 1.54) is 0 Å². The SMILES string of the molecule is CC1CC(C(=O)O)C(C(=O)NCc2csc(=O)[nH]2)C1. The smallest absolute Gasteiger partial charge is 0.307 e. The number of hydrogen-bond acceptors (Lipinski definition) is 4. The van der Waals surface area contributed by atoms with Gasteiger partial charge in [0.2, 0.25) is 5.91 Å². The van der Waals surface area contributed by atoms with Crippen molar-refractivity contribution in [2.24, 2.45) is 17.8 Å². The Hall–Kier alpha value is -1.63. The summed E-state index contributed by atoms with van der Waals surface area (Å²) in [7, 11) is 0. The highest BCUT2D eigenvalue weighted by Gasteiger charge is 2.40. The van der Waals surface area contributed by atoms with Crippen LogP contribution >= 0.6 is 11.3 Å². The van der Waals surface area contributed by atoms with E-state index >= 15 is 0 Å². The highest BCUT2D eigenvalue weighted by Crippen LogP contribution is 2.36. The zero-order chi connectivity index (χ0) is 14.0. The van der Waals surface area contributed by atoms with E-state index in [2.05, 4.69) is 10.3 Å². The van der Waals surface area contributed by atoms with E-state index < -0.39 is 17.8 Å². The van der Waals surface area contributed by atoms with Crippen LogP contribution in [0.4, 0.5) is 0 Å². The Bertz CT molecular complexity index is 536. The molecule has 6 nitrogen and oxygen atoms in total. The average Bonchev–Trinajstić information content (AvgIpc) is 2.92. The number of H-pyrrole nitrogens is 1. The van der Waals surface area contributed by atoms with Gasteiger partial charge in [0, 0.05) is 11.1 Å². The van der Waals surface area contributed by atoms with Crippen LogP contribution in [0.25, 0.3) is 0 Å². The normalized spacial score (nSPS) is 26.3. The van der Waals surface area contributed by atoms with Crippen molar-refractivity contribution in [3.63, 3.8) is 0 Å². The molecule has 1 aliphatic carbocycles.